The zero-order chi connectivity index (χ0) is 27.4. The Morgan fingerprint density at radius 2 is 1.86 bits per heavy atom. The van der Waals surface area contributed by atoms with E-state index in [9.17, 15) is 12.8 Å². The summed E-state index contributed by atoms with van der Waals surface area (Å²) in [5.41, 5.74) is -0.00576. The zero-order valence-corrected chi connectivity index (χ0v) is 25.7. The Morgan fingerprint density at radius 1 is 1.19 bits per heavy atom. The van der Waals surface area contributed by atoms with Crippen molar-refractivity contribution in [3.8, 4) is 0 Å². The van der Waals surface area contributed by atoms with Gasteiger partial charge < -0.3 is 14.3 Å². The Bertz CT molecular complexity index is 1450. The number of rotatable bonds is 9. The number of benzene rings is 2. The number of nitrogens with one attached hydrogen (secondary N) is 2. The van der Waals surface area contributed by atoms with E-state index in [0.29, 0.717) is 40.5 Å². The smallest absolute Gasteiger partial charge is 0.238 e. The third-order valence-electron chi connectivity index (χ3n) is 7.52. The summed E-state index contributed by atoms with van der Waals surface area (Å²) in [6.07, 6.45) is 1.30. The summed E-state index contributed by atoms with van der Waals surface area (Å²) >= 11 is 1.97. The van der Waals surface area contributed by atoms with Gasteiger partial charge in [0.25, 0.3) is 0 Å². The second kappa shape index (κ2) is 9.76. The van der Waals surface area contributed by atoms with Gasteiger partial charge in [0.2, 0.25) is 15.6 Å². The first-order valence-electron chi connectivity index (χ1n) is 12.0. The Labute approximate surface area is 231 Å². The molecule has 0 saturated heterocycles. The first-order chi connectivity index (χ1) is 17.1. The molecule has 1 aliphatic rings. The molecule has 3 aromatic rings. The quantitative estimate of drug-likeness (QED) is 0.183. The number of aromatic nitrogens is 1. The summed E-state index contributed by atoms with van der Waals surface area (Å²) in [4.78, 5) is 0. The molecule has 37 heavy (non-hydrogen) atoms. The fourth-order valence-electron chi connectivity index (χ4n) is 3.84. The maximum absolute atomic E-state index is 15.6. The molecule has 0 aliphatic heterocycles. The topological polar surface area (TPSA) is 93.5 Å². The molecule has 1 fully saturated rings. The molecule has 2 aromatic carbocycles. The molecule has 2 N–H and O–H groups in total. The average Bonchev–Trinajstić information content (AvgIpc) is 3.49. The predicted octanol–water partition coefficient (Wildman–Crippen LogP) is 7.45. The average molecular weight is 664 g/mol. The molecule has 0 unspecified atom stereocenters. The second-order valence-corrected chi connectivity index (χ2v) is 19.3. The van der Waals surface area contributed by atoms with E-state index in [1.54, 1.807) is 13.0 Å². The fourth-order valence-corrected chi connectivity index (χ4v) is 6.99. The van der Waals surface area contributed by atoms with E-state index < -0.39 is 34.7 Å². The summed E-state index contributed by atoms with van der Waals surface area (Å²) in [6, 6.07) is 5.89. The van der Waals surface area contributed by atoms with E-state index >= 15 is 4.39 Å². The molecule has 0 amide bonds. The molecule has 1 heterocycles. The van der Waals surface area contributed by atoms with Crippen LogP contribution in [-0.2, 0) is 14.4 Å². The van der Waals surface area contributed by atoms with Crippen molar-refractivity contribution in [2.24, 2.45) is 0 Å². The highest BCUT2D eigenvalue weighted by atomic mass is 127. The van der Waals surface area contributed by atoms with E-state index in [0.717, 1.165) is 0 Å². The summed E-state index contributed by atoms with van der Waals surface area (Å²) in [5.74, 6) is -1.46. The van der Waals surface area contributed by atoms with Crippen LogP contribution in [0.25, 0.3) is 11.0 Å². The molecule has 0 radical (unpaired) electrons. The number of anilines is 3. The van der Waals surface area contributed by atoms with Gasteiger partial charge in [0.1, 0.15) is 11.5 Å². The summed E-state index contributed by atoms with van der Waals surface area (Å²) < 4.78 is 71.0. The molecule has 4 rings (SSSR count). The van der Waals surface area contributed by atoms with Crippen molar-refractivity contribution in [2.75, 3.05) is 16.6 Å². The van der Waals surface area contributed by atoms with Crippen LogP contribution in [0.3, 0.4) is 0 Å². The van der Waals surface area contributed by atoms with Crippen LogP contribution in [0, 0.1) is 22.1 Å². The minimum absolute atomic E-state index is 0.000688. The van der Waals surface area contributed by atoms with Crippen molar-refractivity contribution in [1.82, 2.24) is 5.16 Å². The Morgan fingerprint density at radius 3 is 2.46 bits per heavy atom. The van der Waals surface area contributed by atoms with Crippen LogP contribution in [0.1, 0.15) is 45.7 Å². The van der Waals surface area contributed by atoms with Crippen LogP contribution in [0.15, 0.2) is 28.8 Å². The fraction of sp³-hybridized carbons (Fsp3) is 0.480. The molecular formula is C25H32F2IN3O4SSi. The van der Waals surface area contributed by atoms with Crippen LogP contribution >= 0.6 is 22.6 Å². The van der Waals surface area contributed by atoms with E-state index in [1.165, 1.54) is 18.2 Å². The van der Waals surface area contributed by atoms with Crippen molar-refractivity contribution < 1.29 is 26.1 Å². The molecular weight excluding hydrogens is 631 g/mol. The lowest BCUT2D eigenvalue weighted by atomic mass is 10.1. The van der Waals surface area contributed by atoms with Crippen molar-refractivity contribution in [2.45, 2.75) is 69.8 Å². The largest absolute Gasteiger partial charge is 0.417 e. The highest BCUT2D eigenvalue weighted by Crippen LogP contribution is 2.49. The molecule has 0 spiro atoms. The highest BCUT2D eigenvalue weighted by Gasteiger charge is 2.54. The third-order valence-corrected chi connectivity index (χ3v) is 15.0. The molecule has 12 heteroatoms. The minimum Gasteiger partial charge on any atom is -0.417 e. The van der Waals surface area contributed by atoms with Crippen LogP contribution in [0.4, 0.5) is 25.8 Å². The van der Waals surface area contributed by atoms with E-state index in [1.807, 2.05) is 22.6 Å². The van der Waals surface area contributed by atoms with Gasteiger partial charge >= 0.3 is 0 Å². The van der Waals surface area contributed by atoms with Crippen LogP contribution < -0.4 is 10.0 Å². The SMILES string of the molecule is Cc1noc2c(F)c(Nc3ccc(I)cc3F)c(NS(=O)(=O)C3(CCO[Si](C)(C)C(C)(C)C)CC3)cc12. The molecule has 1 aliphatic carbocycles. The number of aryl methyl sites for hydroxylation is 1. The van der Waals surface area contributed by atoms with Gasteiger partial charge in [0.15, 0.2) is 14.1 Å². The van der Waals surface area contributed by atoms with Crippen molar-refractivity contribution in [3.05, 3.63) is 45.2 Å². The van der Waals surface area contributed by atoms with Gasteiger partial charge in [-0.05, 0) is 91.2 Å². The van der Waals surface area contributed by atoms with Gasteiger partial charge in [0, 0.05) is 15.6 Å². The van der Waals surface area contributed by atoms with Gasteiger partial charge in [-0.25, -0.2) is 17.2 Å². The summed E-state index contributed by atoms with van der Waals surface area (Å²) in [7, 11) is -5.97. The monoisotopic (exact) mass is 663 g/mol. The number of halogens is 3. The maximum atomic E-state index is 15.6. The lowest BCUT2D eigenvalue weighted by molar-refractivity contribution is 0.277. The van der Waals surface area contributed by atoms with Crippen molar-refractivity contribution >= 4 is 69.0 Å². The van der Waals surface area contributed by atoms with Crippen molar-refractivity contribution in [1.29, 1.82) is 0 Å². The van der Waals surface area contributed by atoms with Gasteiger partial charge in [-0.3, -0.25) is 4.72 Å². The number of fused-ring (bicyclic) bond motifs is 1. The zero-order valence-electron chi connectivity index (χ0n) is 21.8. The van der Waals surface area contributed by atoms with Crippen LogP contribution in [0.2, 0.25) is 18.1 Å². The third kappa shape index (κ3) is 5.52. The summed E-state index contributed by atoms with van der Waals surface area (Å²) in [5, 5.41) is 6.87. The Balaban J connectivity index is 1.65. The van der Waals surface area contributed by atoms with Crippen LogP contribution in [-0.4, -0.2) is 33.2 Å². The molecule has 7 nitrogen and oxygen atoms in total. The highest BCUT2D eigenvalue weighted by molar-refractivity contribution is 14.1. The van der Waals surface area contributed by atoms with E-state index in [-0.39, 0.29) is 27.7 Å². The molecule has 1 saturated carbocycles. The van der Waals surface area contributed by atoms with Gasteiger partial charge in [-0.2, -0.15) is 0 Å². The summed E-state index contributed by atoms with van der Waals surface area (Å²) in [6.45, 7) is 12.6. The molecule has 0 atom stereocenters. The maximum Gasteiger partial charge on any atom is 0.238 e. The number of nitrogens with zero attached hydrogens (tertiary/aromatic N) is 1. The van der Waals surface area contributed by atoms with E-state index in [4.69, 9.17) is 8.95 Å². The number of hydrogen-bond acceptors (Lipinski definition) is 6. The second-order valence-electron chi connectivity index (χ2n) is 11.2. The van der Waals surface area contributed by atoms with E-state index in [2.05, 4.69) is 49.1 Å². The van der Waals surface area contributed by atoms with Crippen molar-refractivity contribution in [3.63, 3.8) is 0 Å². The van der Waals surface area contributed by atoms with Gasteiger partial charge in [-0.1, -0.05) is 25.9 Å². The number of hydrogen-bond donors (Lipinski definition) is 2. The molecule has 202 valence electrons. The normalized spacial score (nSPS) is 15.7. The first kappa shape index (κ1) is 28.2. The predicted molar refractivity (Wildman–Crippen MR) is 153 cm³/mol. The first-order valence-corrected chi connectivity index (χ1v) is 17.5. The minimum atomic E-state index is -3.94. The van der Waals surface area contributed by atoms with Gasteiger partial charge in [-0.15, -0.1) is 0 Å². The molecule has 1 aromatic heterocycles. The number of sulfonamides is 1. The Kier molecular flexibility index (Phi) is 7.45. The lowest BCUT2D eigenvalue weighted by Gasteiger charge is -2.36. The Hall–Kier alpha value is -1.77. The lowest BCUT2D eigenvalue weighted by Crippen LogP contribution is -2.42. The molecule has 0 bridgehead atoms. The van der Waals surface area contributed by atoms with Gasteiger partial charge in [0.05, 0.1) is 21.8 Å². The standard InChI is InChI=1S/C25H32F2IN3O4SSi/c1-15-17-14-20(22(21(27)23(17)35-30-15)29-19-8-7-16(28)13-18(19)26)31-36(32,33)25(9-10-25)11-12-34-37(5,6)24(2,3)4/h7-8,13-14,29,31H,9-12H2,1-6H3. The van der Waals surface area contributed by atoms with Crippen LogP contribution in [0.5, 0.6) is 0 Å².